The standard InChI is InChI=1S/C14H15N3O3/c1-8(2)12(14(19)20)17-13(18)11-7-15-9-5-3-4-6-10(9)16-11/h3-8,12H,1-2H3,(H,17,18)(H,19,20)/t12-/m0/s1. The highest BCUT2D eigenvalue weighted by Crippen LogP contribution is 2.09. The highest BCUT2D eigenvalue weighted by Gasteiger charge is 2.24. The molecule has 0 spiro atoms. The Morgan fingerprint density at radius 1 is 1.20 bits per heavy atom. The number of para-hydroxylation sites is 2. The van der Waals surface area contributed by atoms with Gasteiger partial charge in [-0.3, -0.25) is 9.78 Å². The Labute approximate surface area is 115 Å². The minimum absolute atomic E-state index is 0.107. The Morgan fingerprint density at radius 3 is 2.45 bits per heavy atom. The van der Waals surface area contributed by atoms with Crippen LogP contribution in [-0.2, 0) is 4.79 Å². The molecule has 1 aromatic heterocycles. The Morgan fingerprint density at radius 2 is 1.85 bits per heavy atom. The van der Waals surface area contributed by atoms with Crippen molar-refractivity contribution in [2.75, 3.05) is 0 Å². The summed E-state index contributed by atoms with van der Waals surface area (Å²) in [6.07, 6.45) is 1.34. The predicted octanol–water partition coefficient (Wildman–Crippen LogP) is 1.47. The number of carbonyl (C=O) groups excluding carboxylic acids is 1. The summed E-state index contributed by atoms with van der Waals surface area (Å²) in [4.78, 5) is 31.4. The highest BCUT2D eigenvalue weighted by molar-refractivity contribution is 5.96. The van der Waals surface area contributed by atoms with Crippen molar-refractivity contribution < 1.29 is 14.7 Å². The molecule has 1 atom stereocenters. The van der Waals surface area contributed by atoms with Crippen LogP contribution in [0.3, 0.4) is 0 Å². The number of nitrogens with zero attached hydrogens (tertiary/aromatic N) is 2. The van der Waals surface area contributed by atoms with Gasteiger partial charge >= 0.3 is 5.97 Å². The summed E-state index contributed by atoms with van der Waals surface area (Å²) in [6.45, 7) is 3.45. The van der Waals surface area contributed by atoms with Gasteiger partial charge in [-0.05, 0) is 18.1 Å². The number of aromatic nitrogens is 2. The van der Waals surface area contributed by atoms with Gasteiger partial charge in [0.1, 0.15) is 11.7 Å². The lowest BCUT2D eigenvalue weighted by Crippen LogP contribution is -2.44. The molecule has 0 aliphatic carbocycles. The molecule has 0 bridgehead atoms. The summed E-state index contributed by atoms with van der Waals surface area (Å²) in [6, 6.07) is 6.22. The lowest BCUT2D eigenvalue weighted by atomic mass is 10.0. The number of rotatable bonds is 4. The van der Waals surface area contributed by atoms with Crippen molar-refractivity contribution >= 4 is 22.9 Å². The van der Waals surface area contributed by atoms with Crippen LogP contribution in [-0.4, -0.2) is 33.0 Å². The number of fused-ring (bicyclic) bond motifs is 1. The molecule has 0 saturated heterocycles. The van der Waals surface area contributed by atoms with Crippen LogP contribution >= 0.6 is 0 Å². The number of nitrogens with one attached hydrogen (secondary N) is 1. The first-order valence-corrected chi connectivity index (χ1v) is 6.24. The van der Waals surface area contributed by atoms with Crippen LogP contribution in [0.25, 0.3) is 11.0 Å². The maximum Gasteiger partial charge on any atom is 0.326 e. The van der Waals surface area contributed by atoms with Crippen molar-refractivity contribution in [1.29, 1.82) is 0 Å². The first kappa shape index (κ1) is 13.9. The van der Waals surface area contributed by atoms with E-state index >= 15 is 0 Å². The van der Waals surface area contributed by atoms with E-state index in [4.69, 9.17) is 5.11 Å². The van der Waals surface area contributed by atoms with Gasteiger partial charge < -0.3 is 10.4 Å². The zero-order chi connectivity index (χ0) is 14.7. The summed E-state index contributed by atoms with van der Waals surface area (Å²) < 4.78 is 0. The molecule has 1 aromatic carbocycles. The summed E-state index contributed by atoms with van der Waals surface area (Å²) in [5, 5.41) is 11.5. The van der Waals surface area contributed by atoms with Gasteiger partial charge in [-0.2, -0.15) is 0 Å². The van der Waals surface area contributed by atoms with Crippen molar-refractivity contribution in [2.45, 2.75) is 19.9 Å². The fourth-order valence-corrected chi connectivity index (χ4v) is 1.80. The van der Waals surface area contributed by atoms with E-state index in [0.29, 0.717) is 11.0 Å². The van der Waals surface area contributed by atoms with E-state index in [1.165, 1.54) is 6.20 Å². The Hall–Kier alpha value is -2.50. The topological polar surface area (TPSA) is 92.2 Å². The van der Waals surface area contributed by atoms with Crippen molar-refractivity contribution in [2.24, 2.45) is 5.92 Å². The van der Waals surface area contributed by atoms with Crippen molar-refractivity contribution in [3.8, 4) is 0 Å². The molecule has 0 fully saturated rings. The smallest absolute Gasteiger partial charge is 0.326 e. The molecule has 0 aliphatic heterocycles. The molecule has 0 radical (unpaired) electrons. The molecule has 2 rings (SSSR count). The summed E-state index contributed by atoms with van der Waals surface area (Å²) in [7, 11) is 0. The van der Waals surface area contributed by atoms with E-state index in [9.17, 15) is 9.59 Å². The van der Waals surface area contributed by atoms with E-state index in [1.807, 2.05) is 6.07 Å². The second-order valence-corrected chi connectivity index (χ2v) is 4.78. The van der Waals surface area contributed by atoms with E-state index in [1.54, 1.807) is 32.0 Å². The van der Waals surface area contributed by atoms with Crippen molar-refractivity contribution in [3.63, 3.8) is 0 Å². The molecule has 0 unspecified atom stereocenters. The number of hydrogen-bond acceptors (Lipinski definition) is 4. The lowest BCUT2D eigenvalue weighted by Gasteiger charge is -2.17. The second kappa shape index (κ2) is 5.64. The second-order valence-electron chi connectivity index (χ2n) is 4.78. The zero-order valence-corrected chi connectivity index (χ0v) is 11.2. The number of carboxylic acids is 1. The Kier molecular flexibility index (Phi) is 3.93. The molecule has 1 amide bonds. The van der Waals surface area contributed by atoms with Gasteiger partial charge in [-0.15, -0.1) is 0 Å². The number of aliphatic carboxylic acids is 1. The molecular formula is C14H15N3O3. The number of benzene rings is 1. The SMILES string of the molecule is CC(C)[C@H](NC(=O)c1cnc2ccccc2n1)C(=O)O. The van der Waals surface area contributed by atoms with E-state index in [-0.39, 0.29) is 11.6 Å². The van der Waals surface area contributed by atoms with Crippen LogP contribution in [0.15, 0.2) is 30.5 Å². The largest absolute Gasteiger partial charge is 0.480 e. The van der Waals surface area contributed by atoms with Crippen LogP contribution in [0.2, 0.25) is 0 Å². The maximum atomic E-state index is 12.0. The highest BCUT2D eigenvalue weighted by atomic mass is 16.4. The number of carboxylic acid groups (broad SMARTS) is 1. The van der Waals surface area contributed by atoms with Gasteiger partial charge in [-0.1, -0.05) is 26.0 Å². The quantitative estimate of drug-likeness (QED) is 0.880. The fraction of sp³-hybridized carbons (Fsp3) is 0.286. The molecule has 104 valence electrons. The predicted molar refractivity (Wildman–Crippen MR) is 73.3 cm³/mol. The average molecular weight is 273 g/mol. The lowest BCUT2D eigenvalue weighted by molar-refractivity contribution is -0.140. The molecule has 20 heavy (non-hydrogen) atoms. The van der Waals surface area contributed by atoms with E-state index in [0.717, 1.165) is 0 Å². The van der Waals surface area contributed by atoms with E-state index < -0.39 is 17.9 Å². The number of carbonyl (C=O) groups is 2. The normalized spacial score (nSPS) is 12.3. The molecule has 6 heteroatoms. The molecule has 2 N–H and O–H groups in total. The third-order valence-electron chi connectivity index (χ3n) is 2.90. The number of amides is 1. The van der Waals surface area contributed by atoms with Crippen molar-refractivity contribution in [3.05, 3.63) is 36.2 Å². The third kappa shape index (κ3) is 2.90. The van der Waals surface area contributed by atoms with Crippen LogP contribution in [0.1, 0.15) is 24.3 Å². The fourth-order valence-electron chi connectivity index (χ4n) is 1.80. The minimum Gasteiger partial charge on any atom is -0.480 e. The van der Waals surface area contributed by atoms with Crippen LogP contribution in [0.5, 0.6) is 0 Å². The summed E-state index contributed by atoms with van der Waals surface area (Å²) >= 11 is 0. The third-order valence-corrected chi connectivity index (χ3v) is 2.90. The van der Waals surface area contributed by atoms with Gasteiger partial charge in [0.05, 0.1) is 17.2 Å². The van der Waals surface area contributed by atoms with Gasteiger partial charge in [0, 0.05) is 0 Å². The van der Waals surface area contributed by atoms with Crippen LogP contribution < -0.4 is 5.32 Å². The van der Waals surface area contributed by atoms with E-state index in [2.05, 4.69) is 15.3 Å². The van der Waals surface area contributed by atoms with Crippen LogP contribution in [0.4, 0.5) is 0 Å². The van der Waals surface area contributed by atoms with Gasteiger partial charge in [0.25, 0.3) is 5.91 Å². The Balaban J connectivity index is 2.24. The zero-order valence-electron chi connectivity index (χ0n) is 11.2. The molecule has 0 saturated carbocycles. The molecule has 0 aliphatic rings. The minimum atomic E-state index is -1.07. The molecule has 2 aromatic rings. The molecule has 1 heterocycles. The first-order valence-electron chi connectivity index (χ1n) is 6.24. The monoisotopic (exact) mass is 273 g/mol. The van der Waals surface area contributed by atoms with Crippen LogP contribution in [0, 0.1) is 5.92 Å². The number of hydrogen-bond donors (Lipinski definition) is 2. The van der Waals surface area contributed by atoms with Gasteiger partial charge in [-0.25, -0.2) is 9.78 Å². The average Bonchev–Trinajstić information content (AvgIpc) is 2.43. The van der Waals surface area contributed by atoms with Gasteiger partial charge in [0.15, 0.2) is 0 Å². The van der Waals surface area contributed by atoms with Gasteiger partial charge in [0.2, 0.25) is 0 Å². The molecule has 6 nitrogen and oxygen atoms in total. The Bertz CT molecular complexity index is 655. The summed E-state index contributed by atoms with van der Waals surface area (Å²) in [5.41, 5.74) is 1.38. The first-order chi connectivity index (χ1) is 9.49. The molecular weight excluding hydrogens is 258 g/mol. The van der Waals surface area contributed by atoms with Crippen molar-refractivity contribution in [1.82, 2.24) is 15.3 Å². The maximum absolute atomic E-state index is 12.0. The summed E-state index contributed by atoms with van der Waals surface area (Å²) in [5.74, 6) is -1.82.